The Morgan fingerprint density at radius 1 is 0.974 bits per heavy atom. The summed E-state index contributed by atoms with van der Waals surface area (Å²) in [6.07, 6.45) is 4.88. The fourth-order valence-corrected chi connectivity index (χ4v) is 7.74. The largest absolute Gasteiger partial charge is 0.511 e. The van der Waals surface area contributed by atoms with Crippen molar-refractivity contribution in [3.63, 3.8) is 0 Å². The van der Waals surface area contributed by atoms with E-state index in [1.165, 1.54) is 0 Å². The van der Waals surface area contributed by atoms with Crippen LogP contribution in [-0.4, -0.2) is 28.1 Å². The molecular formula is C33H42O5S. The fraction of sp³-hybridized carbons (Fsp3) is 0.515. The van der Waals surface area contributed by atoms with Gasteiger partial charge in [-0.25, -0.2) is 0 Å². The van der Waals surface area contributed by atoms with E-state index in [2.05, 4.69) is 0 Å². The Morgan fingerprint density at radius 2 is 1.54 bits per heavy atom. The Balaban J connectivity index is 2.41. The van der Waals surface area contributed by atoms with E-state index in [0.29, 0.717) is 0 Å². The van der Waals surface area contributed by atoms with Gasteiger partial charge in [0.1, 0.15) is 17.5 Å². The summed E-state index contributed by atoms with van der Waals surface area (Å²) in [4.78, 5) is 56.1. The summed E-state index contributed by atoms with van der Waals surface area (Å²) in [6, 6.07) is 9.21. The lowest BCUT2D eigenvalue weighted by Crippen LogP contribution is -2.47. The van der Waals surface area contributed by atoms with Gasteiger partial charge in [-0.15, -0.1) is 0 Å². The van der Waals surface area contributed by atoms with E-state index >= 15 is 4.79 Å². The highest BCUT2D eigenvalue weighted by molar-refractivity contribution is 8.13. The number of fused-ring (bicyclic) bond motifs is 1. The van der Waals surface area contributed by atoms with E-state index in [1.54, 1.807) is 13.8 Å². The first-order valence-corrected chi connectivity index (χ1v) is 14.5. The third-order valence-corrected chi connectivity index (χ3v) is 10.0. The van der Waals surface area contributed by atoms with Crippen molar-refractivity contribution in [1.82, 2.24) is 0 Å². The van der Waals surface area contributed by atoms with Gasteiger partial charge >= 0.3 is 0 Å². The van der Waals surface area contributed by atoms with Crippen LogP contribution in [0.25, 0.3) is 0 Å². The average Bonchev–Trinajstić information content (AvgIpc) is 3.16. The molecule has 0 aliphatic heterocycles. The molecule has 1 aromatic carbocycles. The van der Waals surface area contributed by atoms with Crippen LogP contribution in [0.4, 0.5) is 0 Å². The van der Waals surface area contributed by atoms with Gasteiger partial charge in [0.05, 0.1) is 5.41 Å². The summed E-state index contributed by atoms with van der Waals surface area (Å²) >= 11 is 1.03. The van der Waals surface area contributed by atoms with Crippen molar-refractivity contribution >= 4 is 34.7 Å². The molecule has 0 heterocycles. The number of Topliss-reactive ketones (excluding diaryl/α,β-unsaturated/α-hetero) is 2. The van der Waals surface area contributed by atoms with Gasteiger partial charge in [0, 0.05) is 33.6 Å². The Labute approximate surface area is 237 Å². The highest BCUT2D eigenvalue weighted by atomic mass is 32.2. The maximum Gasteiger partial charge on any atom is 0.207 e. The van der Waals surface area contributed by atoms with Crippen molar-refractivity contribution in [3.05, 3.63) is 65.0 Å². The maximum absolute atomic E-state index is 15.1. The fourth-order valence-electron chi connectivity index (χ4n) is 6.79. The number of thioether (sulfide) groups is 1. The van der Waals surface area contributed by atoms with Gasteiger partial charge in [-0.3, -0.25) is 14.4 Å². The molecule has 1 saturated carbocycles. The third kappa shape index (κ3) is 4.69. The molecule has 5 nitrogen and oxygen atoms in total. The second kappa shape index (κ2) is 11.0. The molecular weight excluding hydrogens is 508 g/mol. The summed E-state index contributed by atoms with van der Waals surface area (Å²) in [5, 5.41) is 11.8. The Kier molecular flexibility index (Phi) is 8.72. The normalized spacial score (nSPS) is 27.4. The molecule has 1 N–H and O–H groups in total. The van der Waals surface area contributed by atoms with Gasteiger partial charge in [0.25, 0.3) is 0 Å². The molecule has 0 unspecified atom stereocenters. The van der Waals surface area contributed by atoms with E-state index in [4.69, 9.17) is 0 Å². The number of carbonyl (C=O) groups is 4. The Morgan fingerprint density at radius 3 is 2.05 bits per heavy atom. The average molecular weight is 551 g/mol. The zero-order valence-corrected chi connectivity index (χ0v) is 25.3. The zero-order chi connectivity index (χ0) is 29.4. The zero-order valence-electron chi connectivity index (χ0n) is 24.5. The molecule has 1 aromatic rings. The second-order valence-corrected chi connectivity index (χ2v) is 13.5. The number of aliphatic hydroxyl groups excluding tert-OH is 1. The van der Waals surface area contributed by atoms with E-state index < -0.39 is 33.4 Å². The minimum Gasteiger partial charge on any atom is -0.511 e. The molecule has 0 amide bonds. The van der Waals surface area contributed by atoms with Crippen molar-refractivity contribution in [2.75, 3.05) is 0 Å². The van der Waals surface area contributed by atoms with Crippen LogP contribution in [0.15, 0.2) is 69.9 Å². The SMILES string of the molecule is CC(C)=CC[C@@]1(C(=O)Sc2ccccc2)C[C@@]2(CC=O)C(C)(C)C(C(=O)C(C)C)=C(O)[C@@]2(CC=C(C)C)C1=O. The molecule has 210 valence electrons. The lowest BCUT2D eigenvalue weighted by molar-refractivity contribution is -0.140. The number of hydrogen-bond donors (Lipinski definition) is 1. The lowest BCUT2D eigenvalue weighted by atomic mass is 9.53. The first-order valence-electron chi connectivity index (χ1n) is 13.7. The number of allylic oxidation sites excluding steroid dienone is 6. The molecule has 0 aromatic heterocycles. The van der Waals surface area contributed by atoms with Crippen molar-refractivity contribution in [2.24, 2.45) is 27.6 Å². The molecule has 6 heteroatoms. The maximum atomic E-state index is 15.1. The Hall–Kier alpha value is -2.73. The molecule has 2 aliphatic carbocycles. The highest BCUT2D eigenvalue weighted by Crippen LogP contribution is 2.77. The monoisotopic (exact) mass is 550 g/mol. The minimum absolute atomic E-state index is 0.0544. The summed E-state index contributed by atoms with van der Waals surface area (Å²) < 4.78 is 0. The molecule has 3 atom stereocenters. The van der Waals surface area contributed by atoms with Crippen LogP contribution in [0.5, 0.6) is 0 Å². The predicted octanol–water partition coefficient (Wildman–Crippen LogP) is 7.62. The first kappa shape index (κ1) is 30.8. The summed E-state index contributed by atoms with van der Waals surface area (Å²) in [6.45, 7) is 14.9. The lowest BCUT2D eigenvalue weighted by Gasteiger charge is -2.47. The number of aldehydes is 1. The molecule has 39 heavy (non-hydrogen) atoms. The van der Waals surface area contributed by atoms with Crippen molar-refractivity contribution < 1.29 is 24.3 Å². The van der Waals surface area contributed by atoms with Gasteiger partial charge in [-0.05, 0) is 59.1 Å². The molecule has 0 bridgehead atoms. The molecule has 0 saturated heterocycles. The number of rotatable bonds is 10. The number of ketones is 2. The van der Waals surface area contributed by atoms with E-state index in [1.807, 2.05) is 84.0 Å². The summed E-state index contributed by atoms with van der Waals surface area (Å²) in [7, 11) is 0. The van der Waals surface area contributed by atoms with Gasteiger partial charge in [0.15, 0.2) is 11.6 Å². The smallest absolute Gasteiger partial charge is 0.207 e. The standard InChI is InChI=1S/C33H42O5S/c1-21(2)14-16-31(29(38)39-24-12-10-9-11-13-24)20-32(18-19-34)30(7,8)25(26(35)23(5)6)27(36)33(32,28(31)37)17-15-22(3)4/h9-15,19,23,36H,16-18,20H2,1-8H3/t31-,32+,33+/m1/s1. The molecule has 0 radical (unpaired) electrons. The number of hydrogen-bond acceptors (Lipinski definition) is 6. The number of benzene rings is 1. The minimum atomic E-state index is -1.57. The van der Waals surface area contributed by atoms with Gasteiger partial charge in [-0.2, -0.15) is 0 Å². The van der Waals surface area contributed by atoms with Crippen molar-refractivity contribution in [1.29, 1.82) is 0 Å². The molecule has 1 fully saturated rings. The van der Waals surface area contributed by atoms with Gasteiger partial charge in [-0.1, -0.05) is 81.0 Å². The summed E-state index contributed by atoms with van der Waals surface area (Å²) in [5.41, 5.74) is -3.11. The van der Waals surface area contributed by atoms with Crippen LogP contribution in [-0.2, 0) is 19.2 Å². The molecule has 2 aliphatic rings. The van der Waals surface area contributed by atoms with Crippen LogP contribution in [0.2, 0.25) is 0 Å². The van der Waals surface area contributed by atoms with Crippen LogP contribution in [0.1, 0.15) is 81.1 Å². The predicted molar refractivity (Wildman–Crippen MR) is 156 cm³/mol. The van der Waals surface area contributed by atoms with E-state index in [-0.39, 0.29) is 47.9 Å². The van der Waals surface area contributed by atoms with E-state index in [9.17, 15) is 19.5 Å². The highest BCUT2D eigenvalue weighted by Gasteiger charge is 2.80. The van der Waals surface area contributed by atoms with E-state index in [0.717, 1.165) is 34.1 Å². The Bertz CT molecular complexity index is 1260. The van der Waals surface area contributed by atoms with Gasteiger partial charge < -0.3 is 9.90 Å². The van der Waals surface area contributed by atoms with Crippen molar-refractivity contribution in [3.8, 4) is 0 Å². The van der Waals surface area contributed by atoms with Crippen LogP contribution in [0.3, 0.4) is 0 Å². The topological polar surface area (TPSA) is 88.5 Å². The number of carbonyl (C=O) groups excluding carboxylic acids is 4. The van der Waals surface area contributed by atoms with Crippen LogP contribution < -0.4 is 0 Å². The quantitative estimate of drug-likeness (QED) is 0.140. The number of aliphatic hydroxyl groups is 1. The summed E-state index contributed by atoms with van der Waals surface area (Å²) in [5.74, 6) is -1.29. The second-order valence-electron chi connectivity index (χ2n) is 12.5. The van der Waals surface area contributed by atoms with Crippen molar-refractivity contribution in [2.45, 2.75) is 86.0 Å². The molecule has 3 rings (SSSR count). The van der Waals surface area contributed by atoms with Crippen LogP contribution >= 0.6 is 11.8 Å². The van der Waals surface area contributed by atoms with Crippen LogP contribution in [0, 0.1) is 27.6 Å². The molecule has 0 spiro atoms. The first-order chi connectivity index (χ1) is 18.1. The third-order valence-electron chi connectivity index (χ3n) is 8.93. The van der Waals surface area contributed by atoms with Gasteiger partial charge in [0.2, 0.25) is 5.12 Å².